The normalized spacial score (nSPS) is 18.0. The van der Waals surface area contributed by atoms with E-state index in [1.165, 1.54) is 0 Å². The van der Waals surface area contributed by atoms with Gasteiger partial charge in [-0.15, -0.1) is 10.2 Å². The number of carbonyl (C=O) groups is 1. The fourth-order valence-corrected chi connectivity index (χ4v) is 3.74. The molecule has 0 spiro atoms. The van der Waals surface area contributed by atoms with E-state index in [-0.39, 0.29) is 5.91 Å². The summed E-state index contributed by atoms with van der Waals surface area (Å²) in [6.07, 6.45) is 0. The maximum absolute atomic E-state index is 12.7. The highest BCUT2D eigenvalue weighted by Gasteiger charge is 2.28. The van der Waals surface area contributed by atoms with Crippen molar-refractivity contribution in [2.24, 2.45) is 0 Å². The fourth-order valence-electron chi connectivity index (χ4n) is 3.74. The zero-order valence-electron chi connectivity index (χ0n) is 15.0. The number of benzene rings is 1. The van der Waals surface area contributed by atoms with Crippen molar-refractivity contribution in [3.63, 3.8) is 0 Å². The molecular formula is C19H21N5O3. The molecule has 0 N–H and O–H groups in total. The highest BCUT2D eigenvalue weighted by Crippen LogP contribution is 2.22. The van der Waals surface area contributed by atoms with Gasteiger partial charge in [0.05, 0.1) is 26.3 Å². The Balaban J connectivity index is 1.30. The summed E-state index contributed by atoms with van der Waals surface area (Å²) in [7, 11) is 0. The summed E-state index contributed by atoms with van der Waals surface area (Å²) < 4.78 is 13.2. The second kappa shape index (κ2) is 6.79. The molecule has 140 valence electrons. The molecule has 0 aliphatic carbocycles. The number of furan rings is 1. The van der Waals surface area contributed by atoms with E-state index >= 15 is 0 Å². The van der Waals surface area contributed by atoms with Crippen LogP contribution in [0.25, 0.3) is 11.0 Å². The van der Waals surface area contributed by atoms with E-state index in [9.17, 15) is 4.79 Å². The smallest absolute Gasteiger partial charge is 0.291 e. The van der Waals surface area contributed by atoms with Crippen LogP contribution in [0.5, 0.6) is 0 Å². The standard InChI is InChI=1S/C19H21N5O3/c25-19(23-7-9-26-10-8-23)18-21-20-17-13-22(5-6-24(17)18)12-15-11-14-3-1-2-4-16(14)27-15/h1-4,11H,5-10,12-13H2. The molecule has 3 aromatic rings. The van der Waals surface area contributed by atoms with Crippen molar-refractivity contribution in [2.45, 2.75) is 19.6 Å². The molecule has 1 amide bonds. The highest BCUT2D eigenvalue weighted by molar-refractivity contribution is 5.90. The molecule has 0 saturated carbocycles. The van der Waals surface area contributed by atoms with Gasteiger partial charge in [0.1, 0.15) is 17.2 Å². The van der Waals surface area contributed by atoms with Gasteiger partial charge in [0.25, 0.3) is 5.91 Å². The Hall–Kier alpha value is -2.71. The first-order valence-corrected chi connectivity index (χ1v) is 9.27. The van der Waals surface area contributed by atoms with Gasteiger partial charge in [-0.1, -0.05) is 18.2 Å². The van der Waals surface area contributed by atoms with Crippen molar-refractivity contribution >= 4 is 16.9 Å². The Kier molecular flexibility index (Phi) is 4.14. The number of fused-ring (bicyclic) bond motifs is 2. The van der Waals surface area contributed by atoms with Gasteiger partial charge in [0.2, 0.25) is 5.82 Å². The first-order chi connectivity index (χ1) is 13.3. The Morgan fingerprint density at radius 1 is 1.07 bits per heavy atom. The second-order valence-corrected chi connectivity index (χ2v) is 6.96. The molecule has 2 aliphatic heterocycles. The minimum absolute atomic E-state index is 0.0530. The molecule has 5 rings (SSSR count). The summed E-state index contributed by atoms with van der Waals surface area (Å²) in [4.78, 5) is 16.8. The summed E-state index contributed by atoms with van der Waals surface area (Å²) in [6, 6.07) is 10.1. The minimum atomic E-state index is -0.0530. The van der Waals surface area contributed by atoms with E-state index in [0.717, 1.165) is 29.1 Å². The van der Waals surface area contributed by atoms with Crippen LogP contribution in [0.4, 0.5) is 0 Å². The third kappa shape index (κ3) is 3.11. The maximum atomic E-state index is 12.7. The summed E-state index contributed by atoms with van der Waals surface area (Å²) in [5.41, 5.74) is 0.908. The molecule has 1 fully saturated rings. The van der Waals surface area contributed by atoms with Crippen molar-refractivity contribution in [3.05, 3.63) is 47.7 Å². The molecule has 0 atom stereocenters. The second-order valence-electron chi connectivity index (χ2n) is 6.96. The third-order valence-electron chi connectivity index (χ3n) is 5.18. The predicted molar refractivity (Wildman–Crippen MR) is 97.1 cm³/mol. The monoisotopic (exact) mass is 367 g/mol. The number of ether oxygens (including phenoxy) is 1. The SMILES string of the molecule is O=C(c1nnc2n1CCN(Cc1cc3ccccc3o1)C2)N1CCOCC1. The summed E-state index contributed by atoms with van der Waals surface area (Å²) in [5.74, 6) is 2.15. The molecule has 0 unspecified atom stereocenters. The van der Waals surface area contributed by atoms with Crippen molar-refractivity contribution < 1.29 is 13.9 Å². The number of rotatable bonds is 3. The van der Waals surface area contributed by atoms with E-state index in [4.69, 9.17) is 9.15 Å². The van der Waals surface area contributed by atoms with Gasteiger partial charge < -0.3 is 18.6 Å². The molecule has 2 aromatic heterocycles. The molecule has 1 saturated heterocycles. The van der Waals surface area contributed by atoms with E-state index in [1.54, 1.807) is 4.90 Å². The van der Waals surface area contributed by atoms with Gasteiger partial charge >= 0.3 is 0 Å². The average molecular weight is 367 g/mol. The molecule has 4 heterocycles. The first-order valence-electron chi connectivity index (χ1n) is 9.27. The van der Waals surface area contributed by atoms with Gasteiger partial charge in [0.15, 0.2) is 0 Å². The number of aromatic nitrogens is 3. The lowest BCUT2D eigenvalue weighted by Gasteiger charge is -2.29. The van der Waals surface area contributed by atoms with Crippen molar-refractivity contribution in [2.75, 3.05) is 32.8 Å². The molecule has 8 heteroatoms. The van der Waals surface area contributed by atoms with Gasteiger partial charge in [-0.05, 0) is 12.1 Å². The van der Waals surface area contributed by atoms with Crippen LogP contribution >= 0.6 is 0 Å². The zero-order valence-corrected chi connectivity index (χ0v) is 15.0. The van der Waals surface area contributed by atoms with Crippen LogP contribution in [0.15, 0.2) is 34.7 Å². The Morgan fingerprint density at radius 3 is 2.78 bits per heavy atom. The van der Waals surface area contributed by atoms with Gasteiger partial charge in [-0.3, -0.25) is 9.69 Å². The quantitative estimate of drug-likeness (QED) is 0.698. The van der Waals surface area contributed by atoms with Gasteiger partial charge in [-0.2, -0.15) is 0 Å². The van der Waals surface area contributed by atoms with Crippen LogP contribution in [0, 0.1) is 0 Å². The number of amides is 1. The maximum Gasteiger partial charge on any atom is 0.291 e. The van der Waals surface area contributed by atoms with Gasteiger partial charge in [0, 0.05) is 31.6 Å². The lowest BCUT2D eigenvalue weighted by molar-refractivity contribution is 0.0289. The van der Waals surface area contributed by atoms with E-state index in [0.29, 0.717) is 51.8 Å². The summed E-state index contributed by atoms with van der Waals surface area (Å²) in [6.45, 7) is 5.28. The molecule has 0 bridgehead atoms. The highest BCUT2D eigenvalue weighted by atomic mass is 16.5. The Morgan fingerprint density at radius 2 is 1.93 bits per heavy atom. The van der Waals surface area contributed by atoms with Crippen molar-refractivity contribution in [1.29, 1.82) is 0 Å². The van der Waals surface area contributed by atoms with Crippen LogP contribution < -0.4 is 0 Å². The lowest BCUT2D eigenvalue weighted by Crippen LogP contribution is -2.42. The van der Waals surface area contributed by atoms with Crippen LogP contribution in [0.2, 0.25) is 0 Å². The molecular weight excluding hydrogens is 346 g/mol. The topological polar surface area (TPSA) is 76.6 Å². The number of hydrogen-bond acceptors (Lipinski definition) is 6. The third-order valence-corrected chi connectivity index (χ3v) is 5.18. The van der Waals surface area contributed by atoms with Gasteiger partial charge in [-0.25, -0.2) is 0 Å². The molecule has 8 nitrogen and oxygen atoms in total. The number of hydrogen-bond donors (Lipinski definition) is 0. The lowest BCUT2D eigenvalue weighted by atomic mass is 10.2. The number of para-hydroxylation sites is 1. The molecule has 2 aliphatic rings. The van der Waals surface area contributed by atoms with E-state index < -0.39 is 0 Å². The molecule has 27 heavy (non-hydrogen) atoms. The Labute approximate surface area is 156 Å². The van der Waals surface area contributed by atoms with Crippen LogP contribution in [0.3, 0.4) is 0 Å². The summed E-state index contributed by atoms with van der Waals surface area (Å²) >= 11 is 0. The number of carbonyl (C=O) groups excluding carboxylic acids is 1. The van der Waals surface area contributed by atoms with Crippen LogP contribution in [0.1, 0.15) is 22.2 Å². The van der Waals surface area contributed by atoms with E-state index in [1.807, 2.05) is 22.8 Å². The first kappa shape index (κ1) is 16.5. The van der Waals surface area contributed by atoms with E-state index in [2.05, 4.69) is 27.2 Å². The summed E-state index contributed by atoms with van der Waals surface area (Å²) in [5, 5.41) is 9.57. The number of morpholine rings is 1. The van der Waals surface area contributed by atoms with Crippen LogP contribution in [-0.2, 0) is 24.4 Å². The fraction of sp³-hybridized carbons (Fsp3) is 0.421. The van der Waals surface area contributed by atoms with Crippen LogP contribution in [-0.4, -0.2) is 63.3 Å². The molecule has 0 radical (unpaired) electrons. The minimum Gasteiger partial charge on any atom is -0.460 e. The average Bonchev–Trinajstić information content (AvgIpc) is 3.31. The van der Waals surface area contributed by atoms with Crippen molar-refractivity contribution in [3.8, 4) is 0 Å². The largest absolute Gasteiger partial charge is 0.460 e. The van der Waals surface area contributed by atoms with Crippen molar-refractivity contribution in [1.82, 2.24) is 24.6 Å². The zero-order chi connectivity index (χ0) is 18.2. The Bertz CT molecular complexity index is 940. The predicted octanol–water partition coefficient (Wildman–Crippen LogP) is 1.51. The number of nitrogens with zero attached hydrogens (tertiary/aromatic N) is 5. The molecule has 1 aromatic carbocycles.